The summed E-state index contributed by atoms with van der Waals surface area (Å²) >= 11 is 0. The van der Waals surface area contributed by atoms with E-state index in [1.54, 1.807) is 0 Å². The number of carbonyl (C=O) groups is 1. The number of aryl methyl sites for hydroxylation is 1. The third-order valence-corrected chi connectivity index (χ3v) is 3.59. The van der Waals surface area contributed by atoms with Gasteiger partial charge in [0.2, 0.25) is 0 Å². The Morgan fingerprint density at radius 1 is 1.29 bits per heavy atom. The maximum atomic E-state index is 13.0. The summed E-state index contributed by atoms with van der Waals surface area (Å²) in [5.74, 6) is -0.900. The number of amides is 1. The van der Waals surface area contributed by atoms with Gasteiger partial charge in [-0.2, -0.15) is 5.10 Å². The van der Waals surface area contributed by atoms with Crippen LogP contribution in [0.2, 0.25) is 0 Å². The van der Waals surface area contributed by atoms with Crippen LogP contribution < -0.4 is 10.9 Å². The van der Waals surface area contributed by atoms with Crippen molar-refractivity contribution >= 4 is 5.91 Å². The number of nitrogens with one attached hydrogen (secondary N) is 1. The van der Waals surface area contributed by atoms with E-state index in [2.05, 4.69) is 10.4 Å². The summed E-state index contributed by atoms with van der Waals surface area (Å²) in [6, 6.07) is 8.04. The van der Waals surface area contributed by atoms with Gasteiger partial charge in [-0.1, -0.05) is 19.1 Å². The van der Waals surface area contributed by atoms with E-state index in [0.717, 1.165) is 6.42 Å². The SMILES string of the molecule is CCCn1nc(C(=O)NCC(C)(O)c2ccc(F)cc2)ccc1=O. The minimum absolute atomic E-state index is 0.0773. The summed E-state index contributed by atoms with van der Waals surface area (Å²) in [5, 5.41) is 17.0. The Kier molecular flexibility index (Phi) is 5.46. The van der Waals surface area contributed by atoms with E-state index in [1.807, 2.05) is 6.92 Å². The molecule has 0 aliphatic heterocycles. The van der Waals surface area contributed by atoms with E-state index in [0.29, 0.717) is 12.1 Å². The second kappa shape index (κ2) is 7.35. The van der Waals surface area contributed by atoms with E-state index < -0.39 is 17.3 Å². The van der Waals surface area contributed by atoms with Crippen molar-refractivity contribution in [3.8, 4) is 0 Å². The maximum absolute atomic E-state index is 13.0. The molecule has 1 atom stereocenters. The molecule has 0 saturated heterocycles. The highest BCUT2D eigenvalue weighted by atomic mass is 19.1. The van der Waals surface area contributed by atoms with Crippen molar-refractivity contribution in [1.29, 1.82) is 0 Å². The van der Waals surface area contributed by atoms with E-state index in [1.165, 1.54) is 48.0 Å². The molecule has 1 heterocycles. The summed E-state index contributed by atoms with van der Waals surface area (Å²) in [7, 11) is 0. The highest BCUT2D eigenvalue weighted by Gasteiger charge is 2.24. The van der Waals surface area contributed by atoms with Gasteiger partial charge in [0, 0.05) is 12.6 Å². The van der Waals surface area contributed by atoms with Crippen molar-refractivity contribution in [2.24, 2.45) is 0 Å². The number of aliphatic hydroxyl groups is 1. The van der Waals surface area contributed by atoms with Gasteiger partial charge in [-0.3, -0.25) is 9.59 Å². The summed E-state index contributed by atoms with van der Waals surface area (Å²) in [4.78, 5) is 23.8. The Bertz CT molecular complexity index is 769. The Labute approximate surface area is 138 Å². The molecule has 0 spiro atoms. The quantitative estimate of drug-likeness (QED) is 0.837. The van der Waals surface area contributed by atoms with E-state index in [-0.39, 0.29) is 17.8 Å². The topological polar surface area (TPSA) is 84.2 Å². The van der Waals surface area contributed by atoms with E-state index >= 15 is 0 Å². The molecule has 1 aromatic carbocycles. The zero-order valence-electron chi connectivity index (χ0n) is 13.6. The molecular formula is C17H20FN3O3. The van der Waals surface area contributed by atoms with Crippen LogP contribution in [0.4, 0.5) is 4.39 Å². The third-order valence-electron chi connectivity index (χ3n) is 3.59. The molecule has 2 N–H and O–H groups in total. The monoisotopic (exact) mass is 333 g/mol. The summed E-state index contributed by atoms with van der Waals surface area (Å²) in [6.07, 6.45) is 0.720. The Morgan fingerprint density at radius 3 is 2.58 bits per heavy atom. The van der Waals surface area contributed by atoms with Crippen molar-refractivity contribution in [2.45, 2.75) is 32.4 Å². The molecule has 1 unspecified atom stereocenters. The Balaban J connectivity index is 2.08. The molecule has 0 bridgehead atoms. The summed E-state index contributed by atoms with van der Waals surface area (Å²) < 4.78 is 14.2. The normalized spacial score (nSPS) is 13.3. The van der Waals surface area contributed by atoms with E-state index in [4.69, 9.17) is 0 Å². The van der Waals surface area contributed by atoms with Gasteiger partial charge in [-0.05, 0) is 37.1 Å². The van der Waals surface area contributed by atoms with Gasteiger partial charge in [-0.25, -0.2) is 9.07 Å². The Hall–Kier alpha value is -2.54. The number of benzene rings is 1. The lowest BCUT2D eigenvalue weighted by Crippen LogP contribution is -2.39. The second-order valence-electron chi connectivity index (χ2n) is 5.74. The van der Waals surface area contributed by atoms with Gasteiger partial charge in [0.05, 0.1) is 6.54 Å². The average Bonchev–Trinajstić information content (AvgIpc) is 2.55. The molecule has 7 heteroatoms. The summed E-state index contributed by atoms with van der Waals surface area (Å²) in [5.41, 5.74) is -1.06. The lowest BCUT2D eigenvalue weighted by molar-refractivity contribution is 0.0524. The Morgan fingerprint density at radius 2 is 1.96 bits per heavy atom. The van der Waals surface area contributed by atoms with Gasteiger partial charge in [0.1, 0.15) is 17.1 Å². The largest absolute Gasteiger partial charge is 0.384 e. The number of rotatable bonds is 6. The lowest BCUT2D eigenvalue weighted by Gasteiger charge is -2.24. The molecule has 2 rings (SSSR count). The van der Waals surface area contributed by atoms with Crippen LogP contribution in [0.1, 0.15) is 36.3 Å². The summed E-state index contributed by atoms with van der Waals surface area (Å²) in [6.45, 7) is 3.77. The van der Waals surface area contributed by atoms with Crippen molar-refractivity contribution in [1.82, 2.24) is 15.1 Å². The van der Waals surface area contributed by atoms with Gasteiger partial charge in [0.15, 0.2) is 0 Å². The third kappa shape index (κ3) is 4.26. The molecule has 0 saturated carbocycles. The molecule has 1 aromatic heterocycles. The maximum Gasteiger partial charge on any atom is 0.271 e. The number of aromatic nitrogens is 2. The molecule has 24 heavy (non-hydrogen) atoms. The first-order chi connectivity index (χ1) is 11.3. The minimum Gasteiger partial charge on any atom is -0.384 e. The first kappa shape index (κ1) is 17.8. The smallest absolute Gasteiger partial charge is 0.271 e. The molecule has 0 radical (unpaired) electrons. The number of hydrogen-bond acceptors (Lipinski definition) is 4. The fourth-order valence-corrected chi connectivity index (χ4v) is 2.20. The van der Waals surface area contributed by atoms with Crippen LogP contribution in [0.5, 0.6) is 0 Å². The van der Waals surface area contributed by atoms with Gasteiger partial charge < -0.3 is 10.4 Å². The molecule has 0 fully saturated rings. The van der Waals surface area contributed by atoms with Crippen LogP contribution in [-0.2, 0) is 12.1 Å². The molecule has 128 valence electrons. The van der Waals surface area contributed by atoms with Crippen LogP contribution in [0.3, 0.4) is 0 Å². The van der Waals surface area contributed by atoms with Crippen molar-refractivity contribution in [3.05, 3.63) is 63.8 Å². The number of carbonyl (C=O) groups excluding carboxylic acids is 1. The number of nitrogens with zero attached hydrogens (tertiary/aromatic N) is 2. The van der Waals surface area contributed by atoms with E-state index in [9.17, 15) is 19.1 Å². The van der Waals surface area contributed by atoms with Crippen LogP contribution in [0, 0.1) is 5.82 Å². The molecule has 0 aliphatic carbocycles. The molecule has 0 aliphatic rings. The molecular weight excluding hydrogens is 313 g/mol. The second-order valence-corrected chi connectivity index (χ2v) is 5.74. The van der Waals surface area contributed by atoms with Crippen LogP contribution >= 0.6 is 0 Å². The zero-order valence-corrected chi connectivity index (χ0v) is 13.6. The first-order valence-corrected chi connectivity index (χ1v) is 7.68. The van der Waals surface area contributed by atoms with Crippen molar-refractivity contribution < 1.29 is 14.3 Å². The average molecular weight is 333 g/mol. The predicted octanol–water partition coefficient (Wildman–Crippen LogP) is 1.43. The standard InChI is InChI=1S/C17H20FN3O3/c1-3-10-21-15(22)9-8-14(20-21)16(23)19-11-17(2,24)12-4-6-13(18)7-5-12/h4-9,24H,3,10-11H2,1-2H3,(H,19,23). The van der Waals surface area contributed by atoms with Crippen molar-refractivity contribution in [2.75, 3.05) is 6.54 Å². The molecule has 1 amide bonds. The highest BCUT2D eigenvalue weighted by Crippen LogP contribution is 2.19. The van der Waals surface area contributed by atoms with Crippen LogP contribution in [-0.4, -0.2) is 27.3 Å². The minimum atomic E-state index is -1.36. The first-order valence-electron chi connectivity index (χ1n) is 7.68. The van der Waals surface area contributed by atoms with Crippen LogP contribution in [0.15, 0.2) is 41.2 Å². The number of halogens is 1. The van der Waals surface area contributed by atoms with Crippen molar-refractivity contribution in [3.63, 3.8) is 0 Å². The lowest BCUT2D eigenvalue weighted by atomic mass is 9.96. The fourth-order valence-electron chi connectivity index (χ4n) is 2.20. The van der Waals surface area contributed by atoms with Gasteiger partial charge in [-0.15, -0.1) is 0 Å². The molecule has 2 aromatic rings. The fraction of sp³-hybridized carbons (Fsp3) is 0.353. The molecule has 6 nitrogen and oxygen atoms in total. The van der Waals surface area contributed by atoms with Crippen LogP contribution in [0.25, 0.3) is 0 Å². The highest BCUT2D eigenvalue weighted by molar-refractivity contribution is 5.92. The zero-order chi connectivity index (χ0) is 17.7. The van der Waals surface area contributed by atoms with Gasteiger partial charge >= 0.3 is 0 Å². The van der Waals surface area contributed by atoms with Gasteiger partial charge in [0.25, 0.3) is 11.5 Å². The number of hydrogen-bond donors (Lipinski definition) is 2. The predicted molar refractivity (Wildman–Crippen MR) is 87.1 cm³/mol.